The molecule has 146 valence electrons. The van der Waals surface area contributed by atoms with Gasteiger partial charge in [-0.3, -0.25) is 0 Å². The highest BCUT2D eigenvalue weighted by Crippen LogP contribution is 2.44. The van der Waals surface area contributed by atoms with Crippen LogP contribution in [0.15, 0.2) is 30.3 Å². The minimum Gasteiger partial charge on any atom is -0.493 e. The maximum Gasteiger partial charge on any atom is 0.204 e. The number of hydrogen-bond acceptors (Lipinski definition) is 5. The van der Waals surface area contributed by atoms with Gasteiger partial charge in [-0.25, -0.2) is 0 Å². The Morgan fingerprint density at radius 2 is 1.67 bits per heavy atom. The topological polar surface area (TPSA) is 57.2 Å². The van der Waals surface area contributed by atoms with Crippen LogP contribution in [0.3, 0.4) is 0 Å². The lowest BCUT2D eigenvalue weighted by atomic mass is 10.0. The molecule has 1 atom stereocenters. The molecule has 0 aliphatic carbocycles. The summed E-state index contributed by atoms with van der Waals surface area (Å²) in [6, 6.07) is 9.80. The molecule has 0 fully saturated rings. The third-order valence-electron chi connectivity index (χ3n) is 5.01. The van der Waals surface area contributed by atoms with Gasteiger partial charge in [-0.2, -0.15) is 0 Å². The van der Waals surface area contributed by atoms with Crippen molar-refractivity contribution in [3.8, 4) is 28.7 Å². The SMILES string of the molecule is COc1ccc2cc1Oc1ccc(c(OC)c1OC)CCCC[C@H](O)CC2. The predicted molar refractivity (Wildman–Crippen MR) is 104 cm³/mol. The molecule has 4 rings (SSSR count). The average molecular weight is 372 g/mol. The van der Waals surface area contributed by atoms with Gasteiger partial charge in [0.25, 0.3) is 0 Å². The molecular weight excluding hydrogens is 344 g/mol. The average Bonchev–Trinajstić information content (AvgIpc) is 2.70. The molecule has 0 saturated heterocycles. The lowest BCUT2D eigenvalue weighted by Gasteiger charge is -2.18. The van der Waals surface area contributed by atoms with Gasteiger partial charge in [0.15, 0.2) is 23.0 Å². The second-order valence-electron chi connectivity index (χ2n) is 6.81. The number of aliphatic hydroxyl groups is 1. The van der Waals surface area contributed by atoms with E-state index in [1.165, 1.54) is 0 Å². The van der Waals surface area contributed by atoms with Crippen molar-refractivity contribution in [3.63, 3.8) is 0 Å². The van der Waals surface area contributed by atoms with Crippen LogP contribution in [0.1, 0.15) is 36.8 Å². The Hall–Kier alpha value is -2.40. The molecule has 0 radical (unpaired) electrons. The van der Waals surface area contributed by atoms with E-state index in [1.807, 2.05) is 30.3 Å². The molecular formula is C22H28O5. The maximum absolute atomic E-state index is 10.3. The lowest BCUT2D eigenvalue weighted by Crippen LogP contribution is -2.08. The molecule has 5 nitrogen and oxygen atoms in total. The van der Waals surface area contributed by atoms with Crippen LogP contribution < -0.4 is 18.9 Å². The van der Waals surface area contributed by atoms with Gasteiger partial charge in [0.1, 0.15) is 0 Å². The zero-order valence-corrected chi connectivity index (χ0v) is 16.3. The highest BCUT2D eigenvalue weighted by molar-refractivity contribution is 5.58. The fourth-order valence-electron chi connectivity index (χ4n) is 3.53. The summed E-state index contributed by atoms with van der Waals surface area (Å²) in [5.74, 6) is 3.13. The fourth-order valence-corrected chi connectivity index (χ4v) is 3.53. The molecule has 4 bridgehead atoms. The van der Waals surface area contributed by atoms with E-state index < -0.39 is 0 Å². The summed E-state index contributed by atoms with van der Waals surface area (Å²) in [6.07, 6.45) is 4.86. The van der Waals surface area contributed by atoms with Crippen molar-refractivity contribution in [2.24, 2.45) is 0 Å². The predicted octanol–water partition coefficient (Wildman–Crippen LogP) is 4.52. The van der Waals surface area contributed by atoms with E-state index >= 15 is 0 Å². The van der Waals surface area contributed by atoms with Gasteiger partial charge < -0.3 is 24.1 Å². The minimum absolute atomic E-state index is 0.292. The van der Waals surface area contributed by atoms with Gasteiger partial charge in [0.05, 0.1) is 27.4 Å². The first-order valence-electron chi connectivity index (χ1n) is 9.43. The Balaban J connectivity index is 2.06. The largest absolute Gasteiger partial charge is 0.493 e. The molecule has 2 aromatic carbocycles. The van der Waals surface area contributed by atoms with Gasteiger partial charge in [-0.1, -0.05) is 18.6 Å². The van der Waals surface area contributed by atoms with Gasteiger partial charge in [-0.15, -0.1) is 0 Å². The van der Waals surface area contributed by atoms with Crippen molar-refractivity contribution in [2.75, 3.05) is 21.3 Å². The zero-order valence-electron chi connectivity index (χ0n) is 16.3. The second-order valence-corrected chi connectivity index (χ2v) is 6.81. The van der Waals surface area contributed by atoms with E-state index in [0.717, 1.165) is 49.7 Å². The number of benzene rings is 2. The van der Waals surface area contributed by atoms with E-state index in [1.54, 1.807) is 21.3 Å². The first kappa shape index (κ1) is 19.4. The molecule has 0 aromatic heterocycles. The molecule has 0 spiro atoms. The number of fused-ring (bicyclic) bond motifs is 8. The molecule has 0 unspecified atom stereocenters. The van der Waals surface area contributed by atoms with Crippen LogP contribution >= 0.6 is 0 Å². The summed E-state index contributed by atoms with van der Waals surface area (Å²) in [6.45, 7) is 0. The fraction of sp³-hybridized carbons (Fsp3) is 0.455. The number of ether oxygens (including phenoxy) is 4. The molecule has 2 heterocycles. The molecule has 2 aliphatic heterocycles. The molecule has 27 heavy (non-hydrogen) atoms. The van der Waals surface area contributed by atoms with E-state index in [9.17, 15) is 5.11 Å². The van der Waals surface area contributed by atoms with Crippen LogP contribution in [-0.4, -0.2) is 32.5 Å². The third kappa shape index (κ3) is 4.48. The van der Waals surface area contributed by atoms with Gasteiger partial charge >= 0.3 is 0 Å². The Morgan fingerprint density at radius 1 is 0.852 bits per heavy atom. The smallest absolute Gasteiger partial charge is 0.204 e. The number of aliphatic hydroxyl groups excluding tert-OH is 1. The number of methoxy groups -OCH3 is 3. The zero-order chi connectivity index (χ0) is 19.2. The van der Waals surface area contributed by atoms with Crippen LogP contribution in [0.25, 0.3) is 0 Å². The molecule has 2 aliphatic rings. The third-order valence-corrected chi connectivity index (χ3v) is 5.01. The second kappa shape index (κ2) is 9.00. The van der Waals surface area contributed by atoms with E-state index in [4.69, 9.17) is 18.9 Å². The first-order chi connectivity index (χ1) is 13.2. The molecule has 0 amide bonds. The highest BCUT2D eigenvalue weighted by atomic mass is 16.5. The highest BCUT2D eigenvalue weighted by Gasteiger charge is 2.19. The quantitative estimate of drug-likeness (QED) is 0.858. The summed E-state index contributed by atoms with van der Waals surface area (Å²) in [7, 11) is 4.88. The number of hydrogen-bond donors (Lipinski definition) is 1. The van der Waals surface area contributed by atoms with E-state index in [0.29, 0.717) is 28.7 Å². The van der Waals surface area contributed by atoms with Crippen molar-refractivity contribution in [1.82, 2.24) is 0 Å². The normalized spacial score (nSPS) is 17.4. The van der Waals surface area contributed by atoms with Crippen molar-refractivity contribution in [1.29, 1.82) is 0 Å². The van der Waals surface area contributed by atoms with Crippen LogP contribution in [0, 0.1) is 0 Å². The van der Waals surface area contributed by atoms with E-state index in [2.05, 4.69) is 0 Å². The van der Waals surface area contributed by atoms with Crippen molar-refractivity contribution in [3.05, 3.63) is 41.5 Å². The van der Waals surface area contributed by atoms with E-state index in [-0.39, 0.29) is 6.10 Å². The lowest BCUT2D eigenvalue weighted by molar-refractivity contribution is 0.151. The van der Waals surface area contributed by atoms with Crippen LogP contribution in [-0.2, 0) is 12.8 Å². The molecule has 2 aromatic rings. The van der Waals surface area contributed by atoms with Gasteiger partial charge in [0, 0.05) is 0 Å². The van der Waals surface area contributed by atoms with Crippen molar-refractivity contribution < 1.29 is 24.1 Å². The Bertz CT molecular complexity index is 772. The summed E-state index contributed by atoms with van der Waals surface area (Å²) in [4.78, 5) is 0. The van der Waals surface area contributed by atoms with Crippen LogP contribution in [0.4, 0.5) is 0 Å². The van der Waals surface area contributed by atoms with Crippen LogP contribution in [0.2, 0.25) is 0 Å². The monoisotopic (exact) mass is 372 g/mol. The van der Waals surface area contributed by atoms with Gasteiger partial charge in [0.2, 0.25) is 5.75 Å². The summed E-state index contributed by atoms with van der Waals surface area (Å²) >= 11 is 0. The van der Waals surface area contributed by atoms with Crippen molar-refractivity contribution >= 4 is 0 Å². The molecule has 5 heteroatoms. The Labute approximate surface area is 160 Å². The minimum atomic E-state index is -0.292. The molecule has 0 saturated carbocycles. The summed E-state index contributed by atoms with van der Waals surface area (Å²) in [5, 5.41) is 10.3. The summed E-state index contributed by atoms with van der Waals surface area (Å²) in [5.41, 5.74) is 2.18. The summed E-state index contributed by atoms with van der Waals surface area (Å²) < 4.78 is 22.9. The first-order valence-corrected chi connectivity index (χ1v) is 9.43. The standard InChI is InChI=1S/C22H28O5/c1-24-18-12-9-15-8-11-17(23)7-5-4-6-16-10-13-19(27-20(18)14-15)22(26-3)21(16)25-2/h9-10,12-14,17,23H,4-8,11H2,1-3H3/t17-/m0/s1. The van der Waals surface area contributed by atoms with Gasteiger partial charge in [-0.05, 0) is 61.4 Å². The Kier molecular flexibility index (Phi) is 6.45. The number of rotatable bonds is 3. The number of aryl methyl sites for hydroxylation is 2. The van der Waals surface area contributed by atoms with Crippen molar-refractivity contribution in [2.45, 2.75) is 44.6 Å². The molecule has 1 N–H and O–H groups in total. The Morgan fingerprint density at radius 3 is 2.41 bits per heavy atom. The maximum atomic E-state index is 10.3. The van der Waals surface area contributed by atoms with Crippen LogP contribution in [0.5, 0.6) is 28.7 Å².